The molecular weight excluding hydrogens is 252 g/mol. The van der Waals surface area contributed by atoms with Crippen LogP contribution in [0.15, 0.2) is 12.7 Å². The van der Waals surface area contributed by atoms with Crippen molar-refractivity contribution in [2.24, 2.45) is 5.92 Å². The molecule has 18 heavy (non-hydrogen) atoms. The van der Waals surface area contributed by atoms with E-state index in [2.05, 4.69) is 6.58 Å². The first-order valence-corrected chi connectivity index (χ1v) is 7.33. The average Bonchev–Trinajstić information content (AvgIpc) is 2.39. The Kier molecular flexibility index (Phi) is 12.3. The lowest BCUT2D eigenvalue weighted by molar-refractivity contribution is -0.138. The van der Waals surface area contributed by atoms with Crippen molar-refractivity contribution >= 4 is 16.0 Å². The Morgan fingerprint density at radius 3 is 2.72 bits per heavy atom. The molecule has 0 aliphatic rings. The van der Waals surface area contributed by atoms with E-state index in [-0.39, 0.29) is 5.97 Å². The van der Waals surface area contributed by atoms with Crippen molar-refractivity contribution in [2.75, 3.05) is 33.5 Å². The molecule has 1 unspecified atom stereocenters. The smallest absolute Gasteiger partial charge is 0.330 e. The first-order valence-electron chi connectivity index (χ1n) is 6.18. The van der Waals surface area contributed by atoms with E-state index in [9.17, 15) is 4.79 Å². The predicted molar refractivity (Wildman–Crippen MR) is 71.9 cm³/mol. The molecule has 0 aromatic heterocycles. The Balaban J connectivity index is 3.75. The molecule has 0 heterocycles. The monoisotopic (exact) mass is 276 g/mol. The Labute approximate surface area is 112 Å². The molecule has 0 aliphatic carbocycles. The highest BCUT2D eigenvalue weighted by atomic mass is 28.3. The van der Waals surface area contributed by atoms with Gasteiger partial charge in [0.05, 0.1) is 6.61 Å². The van der Waals surface area contributed by atoms with Gasteiger partial charge in [0.25, 0.3) is 0 Å². The lowest BCUT2D eigenvalue weighted by atomic mass is 10.0. The van der Waals surface area contributed by atoms with E-state index in [4.69, 9.17) is 18.3 Å². The average molecular weight is 276 g/mol. The first-order chi connectivity index (χ1) is 8.74. The van der Waals surface area contributed by atoms with Crippen LogP contribution in [0.4, 0.5) is 0 Å². The summed E-state index contributed by atoms with van der Waals surface area (Å²) in [5.74, 6) is -0.0402. The zero-order chi connectivity index (χ0) is 13.6. The summed E-state index contributed by atoms with van der Waals surface area (Å²) in [5, 5.41) is 0. The van der Waals surface area contributed by atoms with Gasteiger partial charge in [0.1, 0.15) is 0 Å². The van der Waals surface area contributed by atoms with E-state index in [1.807, 2.05) is 6.92 Å². The second-order valence-corrected chi connectivity index (χ2v) is 5.01. The molecule has 0 spiro atoms. The quantitative estimate of drug-likeness (QED) is 0.228. The third-order valence-corrected chi connectivity index (χ3v) is 3.06. The van der Waals surface area contributed by atoms with Gasteiger partial charge < -0.3 is 18.3 Å². The molecule has 0 saturated heterocycles. The standard InChI is InChI=1S/C12H24O5Si/c1-4-12(13)16-8-6-11(10-15-5-2)7-9-17-18-14-3/h4,11H,1,5-10,18H2,2-3H3. The Morgan fingerprint density at radius 1 is 1.39 bits per heavy atom. The second-order valence-electron chi connectivity index (χ2n) is 3.79. The van der Waals surface area contributed by atoms with E-state index < -0.39 is 10.0 Å². The predicted octanol–water partition coefficient (Wildman–Crippen LogP) is 0.810. The van der Waals surface area contributed by atoms with Gasteiger partial charge in [-0.3, -0.25) is 0 Å². The van der Waals surface area contributed by atoms with Crippen LogP contribution in [0.2, 0.25) is 0 Å². The largest absolute Gasteiger partial charge is 0.463 e. The van der Waals surface area contributed by atoms with Crippen LogP contribution in [0.25, 0.3) is 0 Å². The van der Waals surface area contributed by atoms with Crippen molar-refractivity contribution < 1.29 is 23.1 Å². The highest BCUT2D eigenvalue weighted by Gasteiger charge is 2.10. The maximum atomic E-state index is 10.9. The van der Waals surface area contributed by atoms with Crippen molar-refractivity contribution in [3.63, 3.8) is 0 Å². The lowest BCUT2D eigenvalue weighted by Crippen LogP contribution is -2.17. The minimum atomic E-state index is -0.816. The van der Waals surface area contributed by atoms with Gasteiger partial charge >= 0.3 is 16.0 Å². The van der Waals surface area contributed by atoms with E-state index in [1.54, 1.807) is 7.11 Å². The summed E-state index contributed by atoms with van der Waals surface area (Å²) in [5.41, 5.74) is 0. The molecule has 0 radical (unpaired) electrons. The summed E-state index contributed by atoms with van der Waals surface area (Å²) in [7, 11) is 0.836. The highest BCUT2D eigenvalue weighted by molar-refractivity contribution is 6.17. The van der Waals surface area contributed by atoms with Gasteiger partial charge in [0, 0.05) is 33.0 Å². The number of esters is 1. The minimum absolute atomic E-state index is 0.341. The molecule has 0 bridgehead atoms. The van der Waals surface area contributed by atoms with Crippen molar-refractivity contribution in [3.8, 4) is 0 Å². The van der Waals surface area contributed by atoms with Crippen molar-refractivity contribution in [3.05, 3.63) is 12.7 Å². The molecule has 0 N–H and O–H groups in total. The summed E-state index contributed by atoms with van der Waals surface area (Å²) >= 11 is 0. The molecule has 0 aromatic carbocycles. The molecule has 106 valence electrons. The zero-order valence-corrected chi connectivity index (χ0v) is 12.8. The van der Waals surface area contributed by atoms with Crippen molar-refractivity contribution in [2.45, 2.75) is 19.8 Å². The van der Waals surface area contributed by atoms with Gasteiger partial charge in [-0.05, 0) is 25.7 Å². The molecular formula is C12H24O5Si. The fourth-order valence-electron chi connectivity index (χ4n) is 1.37. The van der Waals surface area contributed by atoms with Crippen LogP contribution in [0.1, 0.15) is 19.8 Å². The maximum absolute atomic E-state index is 10.9. The summed E-state index contributed by atoms with van der Waals surface area (Å²) in [6.07, 6.45) is 2.84. The Hall–Kier alpha value is -0.693. The van der Waals surface area contributed by atoms with Crippen LogP contribution in [0, 0.1) is 5.92 Å². The van der Waals surface area contributed by atoms with Gasteiger partial charge in [0.2, 0.25) is 0 Å². The third-order valence-electron chi connectivity index (χ3n) is 2.37. The minimum Gasteiger partial charge on any atom is -0.463 e. The van der Waals surface area contributed by atoms with Crippen molar-refractivity contribution in [1.29, 1.82) is 0 Å². The molecule has 0 fully saturated rings. The first kappa shape index (κ1) is 17.3. The van der Waals surface area contributed by atoms with Gasteiger partial charge in [-0.2, -0.15) is 0 Å². The SMILES string of the molecule is C=CC(=O)OCCC(CCO[SiH2]OC)COCC. The maximum Gasteiger partial charge on any atom is 0.330 e. The van der Waals surface area contributed by atoms with Crippen LogP contribution in [0.3, 0.4) is 0 Å². The van der Waals surface area contributed by atoms with Gasteiger partial charge in [-0.1, -0.05) is 6.58 Å². The Morgan fingerprint density at radius 2 is 2.11 bits per heavy atom. The normalized spacial score (nSPS) is 12.8. The van der Waals surface area contributed by atoms with Crippen LogP contribution in [0.5, 0.6) is 0 Å². The van der Waals surface area contributed by atoms with Crippen LogP contribution >= 0.6 is 0 Å². The molecule has 0 aliphatic heterocycles. The van der Waals surface area contributed by atoms with Crippen LogP contribution in [-0.2, 0) is 23.1 Å². The number of carbonyl (C=O) groups is 1. The Bertz CT molecular complexity index is 223. The van der Waals surface area contributed by atoms with E-state index in [1.165, 1.54) is 6.08 Å². The molecule has 1 atom stereocenters. The molecule has 0 saturated carbocycles. The number of hydrogen-bond acceptors (Lipinski definition) is 5. The van der Waals surface area contributed by atoms with Crippen LogP contribution < -0.4 is 0 Å². The summed E-state index contributed by atoms with van der Waals surface area (Å²) < 4.78 is 20.7. The molecule has 5 nitrogen and oxygen atoms in total. The molecule has 6 heteroatoms. The van der Waals surface area contributed by atoms with Crippen molar-refractivity contribution in [1.82, 2.24) is 0 Å². The summed E-state index contributed by atoms with van der Waals surface area (Å²) in [4.78, 5) is 10.9. The van der Waals surface area contributed by atoms with Gasteiger partial charge in [-0.25, -0.2) is 4.79 Å². The van der Waals surface area contributed by atoms with E-state index in [0.29, 0.717) is 32.3 Å². The van der Waals surface area contributed by atoms with Gasteiger partial charge in [-0.15, -0.1) is 0 Å². The summed E-state index contributed by atoms with van der Waals surface area (Å²) in [6.45, 7) is 7.74. The fraction of sp³-hybridized carbons (Fsp3) is 0.750. The van der Waals surface area contributed by atoms with E-state index in [0.717, 1.165) is 12.8 Å². The van der Waals surface area contributed by atoms with Crippen LogP contribution in [-0.4, -0.2) is 49.5 Å². The topological polar surface area (TPSA) is 54.0 Å². The molecule has 0 amide bonds. The number of carbonyl (C=O) groups excluding carboxylic acids is 1. The van der Waals surface area contributed by atoms with E-state index >= 15 is 0 Å². The fourth-order valence-corrected chi connectivity index (χ4v) is 1.82. The molecule has 0 aromatic rings. The number of rotatable bonds is 12. The zero-order valence-electron chi connectivity index (χ0n) is 11.4. The number of hydrogen-bond donors (Lipinski definition) is 0. The summed E-state index contributed by atoms with van der Waals surface area (Å²) in [6, 6.07) is 0. The van der Waals surface area contributed by atoms with Gasteiger partial charge in [0.15, 0.2) is 0 Å². The number of ether oxygens (including phenoxy) is 2. The third kappa shape index (κ3) is 10.5. The highest BCUT2D eigenvalue weighted by Crippen LogP contribution is 2.10. The lowest BCUT2D eigenvalue weighted by Gasteiger charge is -2.16. The molecule has 0 rings (SSSR count). The second kappa shape index (κ2) is 12.8.